The fraction of sp³-hybridized carbons (Fsp3) is 0.214. The lowest BCUT2D eigenvalue weighted by Crippen LogP contribution is -1.94. The van der Waals surface area contributed by atoms with E-state index in [1.165, 1.54) is 16.7 Å². The number of phenols is 1. The van der Waals surface area contributed by atoms with Gasteiger partial charge in [0.25, 0.3) is 0 Å². The number of hydrogen-bond donors (Lipinski definition) is 1. The maximum atomic E-state index is 9.18. The number of aromatic hydroxyl groups is 1. The monoisotopic (exact) mass is 213 g/mol. The molecule has 0 amide bonds. The Hall–Kier alpha value is -1.83. The molecule has 0 fully saturated rings. The third-order valence-corrected chi connectivity index (χ3v) is 2.76. The Morgan fingerprint density at radius 2 is 1.81 bits per heavy atom. The van der Waals surface area contributed by atoms with Gasteiger partial charge in [0.15, 0.2) is 0 Å². The molecule has 0 saturated heterocycles. The van der Waals surface area contributed by atoms with Gasteiger partial charge in [-0.2, -0.15) is 0 Å². The molecule has 0 aliphatic heterocycles. The molecule has 1 heterocycles. The Balaban J connectivity index is 2.02. The van der Waals surface area contributed by atoms with Gasteiger partial charge < -0.3 is 5.11 Å². The number of hydrogen-bond acceptors (Lipinski definition) is 2. The first-order chi connectivity index (χ1) is 7.75. The summed E-state index contributed by atoms with van der Waals surface area (Å²) in [7, 11) is 0. The van der Waals surface area contributed by atoms with Crippen molar-refractivity contribution in [2.24, 2.45) is 0 Å². The van der Waals surface area contributed by atoms with Gasteiger partial charge in [-0.15, -0.1) is 0 Å². The van der Waals surface area contributed by atoms with Gasteiger partial charge in [0.05, 0.1) is 0 Å². The minimum absolute atomic E-state index is 0.323. The third kappa shape index (κ3) is 2.60. The summed E-state index contributed by atoms with van der Waals surface area (Å²) in [5, 5.41) is 9.18. The highest BCUT2D eigenvalue weighted by molar-refractivity contribution is 5.28. The molecule has 2 nitrogen and oxygen atoms in total. The van der Waals surface area contributed by atoms with Crippen LogP contribution in [-0.2, 0) is 12.8 Å². The van der Waals surface area contributed by atoms with Crippen LogP contribution in [0.2, 0.25) is 0 Å². The van der Waals surface area contributed by atoms with Gasteiger partial charge in [-0.05, 0) is 54.7 Å². The molecule has 2 rings (SSSR count). The molecule has 1 N–H and O–H groups in total. The van der Waals surface area contributed by atoms with Crippen LogP contribution >= 0.6 is 0 Å². The van der Waals surface area contributed by atoms with E-state index in [0.29, 0.717) is 5.75 Å². The topological polar surface area (TPSA) is 33.1 Å². The van der Waals surface area contributed by atoms with Crippen LogP contribution in [0.1, 0.15) is 16.7 Å². The average Bonchev–Trinajstić information content (AvgIpc) is 2.30. The van der Waals surface area contributed by atoms with Gasteiger partial charge >= 0.3 is 0 Å². The van der Waals surface area contributed by atoms with Gasteiger partial charge in [0.1, 0.15) is 5.75 Å². The van der Waals surface area contributed by atoms with Crippen LogP contribution in [0, 0.1) is 6.92 Å². The highest BCUT2D eigenvalue weighted by atomic mass is 16.3. The van der Waals surface area contributed by atoms with Crippen molar-refractivity contribution in [2.75, 3.05) is 0 Å². The summed E-state index contributed by atoms with van der Waals surface area (Å²) in [6.45, 7) is 2.08. The average molecular weight is 213 g/mol. The predicted molar refractivity (Wildman–Crippen MR) is 64.5 cm³/mol. The minimum Gasteiger partial charge on any atom is -0.508 e. The Labute approximate surface area is 95.6 Å². The van der Waals surface area contributed by atoms with E-state index in [1.54, 1.807) is 12.1 Å². The second-order valence-electron chi connectivity index (χ2n) is 3.97. The Bertz CT molecular complexity index is 462. The zero-order chi connectivity index (χ0) is 11.4. The molecular weight excluding hydrogens is 198 g/mol. The van der Waals surface area contributed by atoms with Gasteiger partial charge in [-0.3, -0.25) is 4.98 Å². The van der Waals surface area contributed by atoms with Crippen LogP contribution in [0.3, 0.4) is 0 Å². The van der Waals surface area contributed by atoms with Gasteiger partial charge in [0.2, 0.25) is 0 Å². The fourth-order valence-corrected chi connectivity index (χ4v) is 1.72. The number of pyridine rings is 1. The van der Waals surface area contributed by atoms with Crippen molar-refractivity contribution in [3.05, 3.63) is 59.4 Å². The van der Waals surface area contributed by atoms with Crippen molar-refractivity contribution in [1.29, 1.82) is 0 Å². The van der Waals surface area contributed by atoms with Crippen LogP contribution in [0.25, 0.3) is 0 Å². The van der Waals surface area contributed by atoms with Crippen molar-refractivity contribution in [2.45, 2.75) is 19.8 Å². The molecule has 1 aromatic carbocycles. The molecule has 0 spiro atoms. The second-order valence-corrected chi connectivity index (χ2v) is 3.97. The Kier molecular flexibility index (Phi) is 3.20. The number of aryl methyl sites for hydroxylation is 3. The Morgan fingerprint density at radius 3 is 2.50 bits per heavy atom. The summed E-state index contributed by atoms with van der Waals surface area (Å²) in [6.07, 6.45) is 5.73. The zero-order valence-corrected chi connectivity index (χ0v) is 9.35. The molecule has 0 atom stereocenters. The van der Waals surface area contributed by atoms with Crippen LogP contribution < -0.4 is 0 Å². The van der Waals surface area contributed by atoms with E-state index in [-0.39, 0.29) is 0 Å². The van der Waals surface area contributed by atoms with E-state index in [0.717, 1.165) is 12.8 Å². The molecule has 0 saturated carbocycles. The van der Waals surface area contributed by atoms with Crippen LogP contribution in [0.15, 0.2) is 42.7 Å². The highest BCUT2D eigenvalue weighted by Gasteiger charge is 1.99. The smallest absolute Gasteiger partial charge is 0.115 e. The van der Waals surface area contributed by atoms with Gasteiger partial charge in [-0.25, -0.2) is 0 Å². The molecule has 1 aromatic heterocycles. The predicted octanol–water partition coefficient (Wildman–Crippen LogP) is 2.88. The van der Waals surface area contributed by atoms with Crippen LogP contribution in [0.4, 0.5) is 0 Å². The van der Waals surface area contributed by atoms with Gasteiger partial charge in [-0.1, -0.05) is 12.1 Å². The normalized spacial score (nSPS) is 10.3. The van der Waals surface area contributed by atoms with E-state index in [4.69, 9.17) is 0 Å². The molecular formula is C14H15NO. The summed E-state index contributed by atoms with van der Waals surface area (Å²) in [5.41, 5.74) is 3.82. The maximum Gasteiger partial charge on any atom is 0.115 e. The van der Waals surface area contributed by atoms with E-state index >= 15 is 0 Å². The standard InChI is InChI=1S/C14H15NO/c1-11-10-15-9-8-13(11)5-2-12-3-6-14(16)7-4-12/h3-4,6-10,16H,2,5H2,1H3. The van der Waals surface area contributed by atoms with Crippen molar-refractivity contribution in [3.63, 3.8) is 0 Å². The summed E-state index contributed by atoms with van der Waals surface area (Å²) < 4.78 is 0. The summed E-state index contributed by atoms with van der Waals surface area (Å²) in [6, 6.07) is 9.46. The summed E-state index contributed by atoms with van der Waals surface area (Å²) >= 11 is 0. The number of phenolic OH excluding ortho intramolecular Hbond substituents is 1. The zero-order valence-electron chi connectivity index (χ0n) is 9.35. The number of benzene rings is 1. The maximum absolute atomic E-state index is 9.18. The van der Waals surface area contributed by atoms with E-state index in [1.807, 2.05) is 24.5 Å². The lowest BCUT2D eigenvalue weighted by atomic mass is 10.0. The summed E-state index contributed by atoms with van der Waals surface area (Å²) in [4.78, 5) is 4.08. The molecule has 0 aliphatic rings. The summed E-state index contributed by atoms with van der Waals surface area (Å²) in [5.74, 6) is 0.323. The first-order valence-corrected chi connectivity index (χ1v) is 5.43. The molecule has 2 aromatic rings. The first-order valence-electron chi connectivity index (χ1n) is 5.43. The molecule has 0 aliphatic carbocycles. The number of aromatic nitrogens is 1. The number of nitrogens with zero attached hydrogens (tertiary/aromatic N) is 1. The molecule has 0 radical (unpaired) electrons. The van der Waals surface area contributed by atoms with Crippen molar-refractivity contribution >= 4 is 0 Å². The highest BCUT2D eigenvalue weighted by Crippen LogP contribution is 2.13. The minimum atomic E-state index is 0.323. The largest absolute Gasteiger partial charge is 0.508 e. The van der Waals surface area contributed by atoms with Gasteiger partial charge in [0, 0.05) is 12.4 Å². The Morgan fingerprint density at radius 1 is 1.06 bits per heavy atom. The van der Waals surface area contributed by atoms with E-state index in [9.17, 15) is 5.11 Å². The second kappa shape index (κ2) is 4.79. The molecule has 0 bridgehead atoms. The first kappa shape index (κ1) is 10.7. The van der Waals surface area contributed by atoms with Crippen molar-refractivity contribution in [1.82, 2.24) is 4.98 Å². The van der Waals surface area contributed by atoms with Crippen LogP contribution in [-0.4, -0.2) is 10.1 Å². The molecule has 16 heavy (non-hydrogen) atoms. The lowest BCUT2D eigenvalue weighted by Gasteiger charge is -2.05. The van der Waals surface area contributed by atoms with E-state index < -0.39 is 0 Å². The third-order valence-electron chi connectivity index (χ3n) is 2.76. The molecule has 82 valence electrons. The van der Waals surface area contributed by atoms with Crippen LogP contribution in [0.5, 0.6) is 5.75 Å². The van der Waals surface area contributed by atoms with Crippen molar-refractivity contribution < 1.29 is 5.11 Å². The molecule has 0 unspecified atom stereocenters. The fourth-order valence-electron chi connectivity index (χ4n) is 1.72. The SMILES string of the molecule is Cc1cnccc1CCc1ccc(O)cc1. The van der Waals surface area contributed by atoms with Crippen molar-refractivity contribution in [3.8, 4) is 5.75 Å². The van der Waals surface area contributed by atoms with E-state index in [2.05, 4.69) is 18.0 Å². The quantitative estimate of drug-likeness (QED) is 0.850. The lowest BCUT2D eigenvalue weighted by molar-refractivity contribution is 0.475. The number of rotatable bonds is 3. The molecule has 2 heteroatoms.